The average molecular weight is 391 g/mol. The average Bonchev–Trinajstić information content (AvgIpc) is 3.30. The lowest BCUT2D eigenvalue weighted by atomic mass is 10.2. The lowest BCUT2D eigenvalue weighted by molar-refractivity contribution is -0.120. The Labute approximate surface area is 168 Å². The van der Waals surface area contributed by atoms with Crippen LogP contribution in [0.1, 0.15) is 17.9 Å². The Morgan fingerprint density at radius 1 is 1.07 bits per heavy atom. The van der Waals surface area contributed by atoms with E-state index in [0.717, 1.165) is 46.1 Å². The molecule has 0 aliphatic rings. The molecule has 4 aromatic rings. The third-order valence-corrected chi connectivity index (χ3v) is 5.58. The zero-order chi connectivity index (χ0) is 19.3. The maximum atomic E-state index is 12.2. The molecule has 0 radical (unpaired) electrons. The van der Waals surface area contributed by atoms with Gasteiger partial charge in [-0.05, 0) is 25.5 Å². The van der Waals surface area contributed by atoms with E-state index in [1.54, 1.807) is 11.3 Å². The van der Waals surface area contributed by atoms with E-state index in [2.05, 4.69) is 25.9 Å². The van der Waals surface area contributed by atoms with Crippen LogP contribution in [0.5, 0.6) is 0 Å². The fourth-order valence-electron chi connectivity index (χ4n) is 3.27. The molecular formula is C22H22N4OS. The molecule has 1 N–H and O–H groups in total. The summed E-state index contributed by atoms with van der Waals surface area (Å²) >= 11 is 1.57. The van der Waals surface area contributed by atoms with Crippen LogP contribution in [0.4, 0.5) is 0 Å². The van der Waals surface area contributed by atoms with Crippen molar-refractivity contribution in [3.05, 3.63) is 71.5 Å². The van der Waals surface area contributed by atoms with Gasteiger partial charge in [-0.3, -0.25) is 4.79 Å². The molecule has 28 heavy (non-hydrogen) atoms. The number of amides is 1. The number of nitrogens with one attached hydrogen (secondary N) is 1. The summed E-state index contributed by atoms with van der Waals surface area (Å²) in [5, 5.41) is 5.91. The van der Waals surface area contributed by atoms with Gasteiger partial charge < -0.3 is 9.88 Å². The highest BCUT2D eigenvalue weighted by molar-refractivity contribution is 7.13. The van der Waals surface area contributed by atoms with Gasteiger partial charge in [0.15, 0.2) is 0 Å². The molecule has 6 heteroatoms. The number of thiazole rings is 1. The molecule has 2 aromatic heterocycles. The summed E-state index contributed by atoms with van der Waals surface area (Å²) in [7, 11) is 0. The highest BCUT2D eigenvalue weighted by atomic mass is 32.1. The normalized spacial score (nSPS) is 11.0. The second-order valence-electron chi connectivity index (χ2n) is 6.69. The summed E-state index contributed by atoms with van der Waals surface area (Å²) < 4.78 is 2.20. The number of hydrogen-bond acceptors (Lipinski definition) is 4. The second-order valence-corrected chi connectivity index (χ2v) is 7.55. The summed E-state index contributed by atoms with van der Waals surface area (Å²) in [6, 6.07) is 18.2. The minimum absolute atomic E-state index is 0.0112. The topological polar surface area (TPSA) is 59.8 Å². The summed E-state index contributed by atoms with van der Waals surface area (Å²) in [6.07, 6.45) is 1.18. The number of fused-ring (bicyclic) bond motifs is 1. The van der Waals surface area contributed by atoms with Crippen LogP contribution in [-0.4, -0.2) is 27.0 Å². The van der Waals surface area contributed by atoms with Crippen molar-refractivity contribution in [2.24, 2.45) is 0 Å². The van der Waals surface area contributed by atoms with Crippen LogP contribution in [0.25, 0.3) is 21.6 Å². The van der Waals surface area contributed by atoms with Crippen molar-refractivity contribution >= 4 is 28.3 Å². The molecule has 0 unspecified atom stereocenters. The van der Waals surface area contributed by atoms with E-state index in [0.29, 0.717) is 13.0 Å². The Bertz CT molecular complexity index is 1080. The number of para-hydroxylation sites is 2. The van der Waals surface area contributed by atoms with Crippen LogP contribution in [0.2, 0.25) is 0 Å². The Morgan fingerprint density at radius 3 is 2.71 bits per heavy atom. The van der Waals surface area contributed by atoms with Crippen molar-refractivity contribution in [2.75, 3.05) is 6.54 Å². The molecule has 0 aliphatic heterocycles. The van der Waals surface area contributed by atoms with Gasteiger partial charge in [0.05, 0.1) is 23.1 Å². The van der Waals surface area contributed by atoms with Crippen molar-refractivity contribution in [1.29, 1.82) is 0 Å². The summed E-state index contributed by atoms with van der Waals surface area (Å²) in [6.45, 7) is 3.49. The zero-order valence-corrected chi connectivity index (χ0v) is 16.6. The van der Waals surface area contributed by atoms with E-state index in [9.17, 15) is 4.79 Å². The molecule has 2 aromatic carbocycles. The molecular weight excluding hydrogens is 368 g/mol. The molecule has 4 rings (SSSR count). The monoisotopic (exact) mass is 390 g/mol. The molecule has 0 bridgehead atoms. The number of benzene rings is 2. The fraction of sp³-hybridized carbons (Fsp3) is 0.227. The van der Waals surface area contributed by atoms with E-state index in [-0.39, 0.29) is 5.91 Å². The van der Waals surface area contributed by atoms with Gasteiger partial charge in [0, 0.05) is 24.0 Å². The highest BCUT2D eigenvalue weighted by Gasteiger charge is 2.09. The predicted molar refractivity (Wildman–Crippen MR) is 113 cm³/mol. The maximum Gasteiger partial charge on any atom is 0.226 e. The largest absolute Gasteiger partial charge is 0.356 e. The van der Waals surface area contributed by atoms with E-state index in [1.807, 2.05) is 60.8 Å². The number of nitrogens with zero attached hydrogens (tertiary/aromatic N) is 3. The first-order chi connectivity index (χ1) is 13.7. The first kappa shape index (κ1) is 18.4. The Morgan fingerprint density at radius 2 is 1.86 bits per heavy atom. The molecule has 2 heterocycles. The molecule has 0 atom stereocenters. The molecule has 0 fully saturated rings. The third-order valence-electron chi connectivity index (χ3n) is 4.64. The Kier molecular flexibility index (Phi) is 5.48. The van der Waals surface area contributed by atoms with E-state index in [1.165, 1.54) is 0 Å². The van der Waals surface area contributed by atoms with Crippen LogP contribution in [-0.2, 0) is 17.8 Å². The standard InChI is InChI=1S/C22H22N4OS/c1-16-24-19-10-5-6-11-20(19)26(16)13-7-12-23-21(27)14-18-15-28-22(25-18)17-8-3-2-4-9-17/h2-6,8-11,15H,7,12-14H2,1H3,(H,23,27). The van der Waals surface area contributed by atoms with Crippen LogP contribution in [0.15, 0.2) is 60.0 Å². The van der Waals surface area contributed by atoms with Gasteiger partial charge in [0.25, 0.3) is 0 Å². The second kappa shape index (κ2) is 8.35. The first-order valence-corrected chi connectivity index (χ1v) is 10.3. The van der Waals surface area contributed by atoms with Gasteiger partial charge in [0.2, 0.25) is 5.91 Å². The van der Waals surface area contributed by atoms with E-state index < -0.39 is 0 Å². The van der Waals surface area contributed by atoms with Crippen molar-refractivity contribution in [2.45, 2.75) is 26.3 Å². The smallest absolute Gasteiger partial charge is 0.226 e. The van der Waals surface area contributed by atoms with Gasteiger partial charge in [-0.1, -0.05) is 42.5 Å². The maximum absolute atomic E-state index is 12.2. The van der Waals surface area contributed by atoms with Crippen LogP contribution < -0.4 is 5.32 Å². The van der Waals surface area contributed by atoms with Crippen molar-refractivity contribution in [3.63, 3.8) is 0 Å². The van der Waals surface area contributed by atoms with E-state index in [4.69, 9.17) is 0 Å². The minimum Gasteiger partial charge on any atom is -0.356 e. The number of imidazole rings is 1. The van der Waals surface area contributed by atoms with Crippen LogP contribution in [0.3, 0.4) is 0 Å². The molecule has 0 aliphatic carbocycles. The Hall–Kier alpha value is -2.99. The minimum atomic E-state index is 0.0112. The third kappa shape index (κ3) is 4.12. The number of carbonyl (C=O) groups excluding carboxylic acids is 1. The quantitative estimate of drug-likeness (QED) is 0.481. The number of hydrogen-bond donors (Lipinski definition) is 1. The highest BCUT2D eigenvalue weighted by Crippen LogP contribution is 2.23. The number of aromatic nitrogens is 3. The van der Waals surface area contributed by atoms with Crippen LogP contribution >= 0.6 is 11.3 Å². The van der Waals surface area contributed by atoms with Crippen LogP contribution in [0, 0.1) is 6.92 Å². The number of carbonyl (C=O) groups is 1. The molecule has 0 saturated heterocycles. The lowest BCUT2D eigenvalue weighted by Gasteiger charge is -2.08. The fourth-order valence-corrected chi connectivity index (χ4v) is 4.10. The summed E-state index contributed by atoms with van der Waals surface area (Å²) in [5.74, 6) is 1.01. The lowest BCUT2D eigenvalue weighted by Crippen LogP contribution is -2.27. The van der Waals surface area contributed by atoms with Gasteiger partial charge in [-0.2, -0.15) is 0 Å². The van der Waals surface area contributed by atoms with Gasteiger partial charge >= 0.3 is 0 Å². The summed E-state index contributed by atoms with van der Waals surface area (Å²) in [5.41, 5.74) is 4.06. The predicted octanol–water partition coefficient (Wildman–Crippen LogP) is 4.22. The van der Waals surface area contributed by atoms with Gasteiger partial charge in [-0.15, -0.1) is 11.3 Å². The molecule has 5 nitrogen and oxygen atoms in total. The molecule has 1 amide bonds. The van der Waals surface area contributed by atoms with Crippen molar-refractivity contribution in [3.8, 4) is 10.6 Å². The Balaban J connectivity index is 1.27. The SMILES string of the molecule is Cc1nc2ccccc2n1CCCNC(=O)Cc1csc(-c2ccccc2)n1. The molecule has 0 spiro atoms. The van der Waals surface area contributed by atoms with Gasteiger partial charge in [-0.25, -0.2) is 9.97 Å². The zero-order valence-electron chi connectivity index (χ0n) is 15.8. The molecule has 142 valence electrons. The van der Waals surface area contributed by atoms with Crippen molar-refractivity contribution in [1.82, 2.24) is 19.9 Å². The number of aryl methyl sites for hydroxylation is 2. The van der Waals surface area contributed by atoms with E-state index >= 15 is 0 Å². The van der Waals surface area contributed by atoms with Gasteiger partial charge in [0.1, 0.15) is 10.8 Å². The summed E-state index contributed by atoms with van der Waals surface area (Å²) in [4.78, 5) is 21.4. The molecule has 0 saturated carbocycles. The first-order valence-electron chi connectivity index (χ1n) is 9.39. The number of rotatable bonds is 7. The van der Waals surface area contributed by atoms with Crippen molar-refractivity contribution < 1.29 is 4.79 Å².